The largest absolute Gasteiger partial charge is 0.453 e. The fourth-order valence-electron chi connectivity index (χ4n) is 22.7. The molecule has 0 fully saturated rings. The molecule has 6 heteroatoms. The van der Waals surface area contributed by atoms with Crippen molar-refractivity contribution in [1.29, 1.82) is 0 Å². The van der Waals surface area contributed by atoms with Gasteiger partial charge in [0.1, 0.15) is 0 Å². The fraction of sp³-hybridized carbons (Fsp3) is 0.239. The van der Waals surface area contributed by atoms with Crippen LogP contribution in [0.25, 0.3) is 104 Å². The number of unbranched alkanes of at least 4 members (excludes halogenated alkanes) is 8. The highest BCUT2D eigenvalue weighted by atomic mass is 16.5. The van der Waals surface area contributed by atoms with Gasteiger partial charge in [0.25, 0.3) is 0 Å². The Labute approximate surface area is 878 Å². The number of hydrogen-bond donors (Lipinski definition) is 0. The van der Waals surface area contributed by atoms with Gasteiger partial charge in [0, 0.05) is 56.2 Å². The van der Waals surface area contributed by atoms with Gasteiger partial charge in [-0.15, -0.1) is 32.9 Å². The smallest absolute Gasteiger partial charge is 0.151 e. The predicted molar refractivity (Wildman–Crippen MR) is 636 cm³/mol. The van der Waals surface area contributed by atoms with Crippen molar-refractivity contribution in [3.05, 3.63) is 472 Å². The van der Waals surface area contributed by atoms with Crippen LogP contribution in [-0.2, 0) is 70.8 Å². The number of ether oxygens (including phenoxy) is 2. The first-order valence-corrected chi connectivity index (χ1v) is 54.3. The van der Waals surface area contributed by atoms with Crippen LogP contribution in [0.1, 0.15) is 195 Å². The lowest BCUT2D eigenvalue weighted by atomic mass is 9.84. The van der Waals surface area contributed by atoms with Gasteiger partial charge >= 0.3 is 0 Å². The van der Waals surface area contributed by atoms with Crippen molar-refractivity contribution in [2.45, 2.75) is 223 Å². The summed E-state index contributed by atoms with van der Waals surface area (Å²) in [5.74, 6) is 3.62. The van der Waals surface area contributed by atoms with E-state index in [9.17, 15) is 0 Å². The third-order valence-corrected chi connectivity index (χ3v) is 30.9. The average Bonchev–Trinajstić information content (AvgIpc) is 1.63. The number of hydrogen-bond acceptors (Lipinski definition) is 4. The standard InChI is InChI=1S/C36H29NO.C30H33NO.C28H23N.C28H34.C20H23N/c1-22-3-13-33-35(15-22)38-36-16-23(2)4-14-34(36)37(33)32-20-30(28-11-7-24-5-9-26(24)17-28)19-31(21-32)29-12-8-25-6-10-27(25)18-29;1-5-7-9-11-24-19-25(12-10-8-6-2)21-26(20-24)31-27-15-13-22(3)17-29(27)32-30-18-23(4)14-16-28(30)31;1-18-6-12-27-25(14-18)26-15-19(2)7-13-28(26)29(27)24-5-3-4-21(17-24)23-11-9-20-8-10-22(20)16-23;1-5-7-9-11-13-23-24(14-12-10-8-6-2)28-20-22(4)16-18-26(28)25-17-15-21(3)19-27(23)25;1-4-5-6-7-12-21-19-10-8-15(2)13-17(19)18-14-16(3)9-11-20(18)21/h3-4,7-8,11-21H,5-6,9-10H2,1-2H3;5-6,13-21H,1-2,7-12H2,3-4H3;3-7,9,11-17H,8,10H2,1-2H3;5-6,15-20H,1-2,7-14H2,3-4H3;4,8-11,13-14H,1,5-7,12H2,2-3H3. The van der Waals surface area contributed by atoms with Crippen molar-refractivity contribution in [3.63, 3.8) is 0 Å². The van der Waals surface area contributed by atoms with Crippen LogP contribution in [0.15, 0.2) is 361 Å². The zero-order chi connectivity index (χ0) is 102. The van der Waals surface area contributed by atoms with E-state index >= 15 is 0 Å². The quantitative estimate of drug-likeness (QED) is 0.0266. The van der Waals surface area contributed by atoms with Gasteiger partial charge in [-0.25, -0.2) is 0 Å². The summed E-state index contributed by atoms with van der Waals surface area (Å²) in [6.07, 6.45) is 36.7. The maximum absolute atomic E-state index is 6.45. The maximum atomic E-state index is 6.45. The van der Waals surface area contributed by atoms with E-state index in [2.05, 4.69) is 418 Å². The van der Waals surface area contributed by atoms with Crippen LogP contribution in [0.5, 0.6) is 23.0 Å². The first kappa shape index (κ1) is 100. The van der Waals surface area contributed by atoms with Gasteiger partial charge in [-0.2, -0.15) is 0 Å². The van der Waals surface area contributed by atoms with E-state index in [1.54, 1.807) is 11.1 Å². The molecular weight excluding hydrogens is 1790 g/mol. The molecule has 5 aliphatic rings. The Morgan fingerprint density at radius 1 is 0.230 bits per heavy atom. The van der Waals surface area contributed by atoms with Gasteiger partial charge in [-0.3, -0.25) is 0 Å². The summed E-state index contributed by atoms with van der Waals surface area (Å²) in [6.45, 7) is 42.0. The summed E-state index contributed by atoms with van der Waals surface area (Å²) in [7, 11) is 0. The van der Waals surface area contributed by atoms with Crippen LogP contribution in [0.3, 0.4) is 0 Å². The molecular formula is C142H142N4O2. The van der Waals surface area contributed by atoms with Crippen molar-refractivity contribution >= 4 is 99.3 Å². The zero-order valence-corrected chi connectivity index (χ0v) is 88.8. The number of allylic oxidation sites excluding steroid dienone is 5. The SMILES string of the molecule is C=CCCCCc1c(CCCCC=C)c2cc(C)ccc2c2ccc(C)cc12.C=CCCCCn1c2ccc(C)cc2c2cc(C)ccc21.C=CCCCc1cc(CCCC=C)cc(N2c3ccc(C)cc3Oc3cc(C)ccc32)c1.Cc1ccc2c(c1)Oc1cc(C)ccc1N2c1cc(-c2ccc3c(c2)CC3)cc(-c2ccc3c(c2)CC3)c1.Cc1ccc2c(c1)c1cc(C)ccc1n2-c1cccc(-c2ccc3c(c2)CC3)c1. The number of aryl methyl sites for hydroxylation is 21. The van der Waals surface area contributed by atoms with Gasteiger partial charge in [-0.1, -0.05) is 221 Å². The molecule has 0 saturated heterocycles. The Kier molecular flexibility index (Phi) is 30.4. The summed E-state index contributed by atoms with van der Waals surface area (Å²) in [6, 6.07) is 111. The lowest BCUT2D eigenvalue weighted by Crippen LogP contribution is -2.16. The monoisotopic (exact) mass is 1940 g/mol. The highest BCUT2D eigenvalue weighted by Crippen LogP contribution is 2.55. The minimum atomic E-state index is 0.900. The molecule has 0 amide bonds. The molecule has 0 unspecified atom stereocenters. The summed E-state index contributed by atoms with van der Waals surface area (Å²) in [5.41, 5.74) is 48.5. The maximum Gasteiger partial charge on any atom is 0.151 e. The summed E-state index contributed by atoms with van der Waals surface area (Å²) in [4.78, 5) is 4.74. The van der Waals surface area contributed by atoms with Crippen LogP contribution in [0.2, 0.25) is 0 Å². The molecule has 0 radical (unpaired) electrons. The lowest BCUT2D eigenvalue weighted by Gasteiger charge is -2.34. The topological polar surface area (TPSA) is 34.8 Å². The Morgan fingerprint density at radius 3 is 0.912 bits per heavy atom. The molecule has 0 bridgehead atoms. The molecule has 742 valence electrons. The molecule has 19 aromatic rings. The molecule has 0 atom stereocenters. The molecule has 0 spiro atoms. The molecule has 148 heavy (non-hydrogen) atoms. The normalized spacial score (nSPS) is 12.5. The Morgan fingerprint density at radius 2 is 0.541 bits per heavy atom. The molecule has 0 saturated carbocycles. The average molecular weight is 1940 g/mol. The minimum Gasteiger partial charge on any atom is -0.453 e. The van der Waals surface area contributed by atoms with Crippen molar-refractivity contribution in [2.75, 3.05) is 9.80 Å². The van der Waals surface area contributed by atoms with E-state index in [4.69, 9.17) is 9.47 Å². The first-order valence-electron chi connectivity index (χ1n) is 54.3. The third-order valence-electron chi connectivity index (χ3n) is 30.9. The molecule has 0 N–H and O–H groups in total. The van der Waals surface area contributed by atoms with Gasteiger partial charge in [0.05, 0.1) is 33.8 Å². The summed E-state index contributed by atoms with van der Waals surface area (Å²) >= 11 is 0. The van der Waals surface area contributed by atoms with E-state index in [1.807, 2.05) is 30.4 Å². The molecule has 6 nitrogen and oxygen atoms in total. The van der Waals surface area contributed by atoms with Crippen molar-refractivity contribution < 1.29 is 9.47 Å². The van der Waals surface area contributed by atoms with Crippen LogP contribution in [0, 0.1) is 69.2 Å². The van der Waals surface area contributed by atoms with Gasteiger partial charge in [0.15, 0.2) is 23.0 Å². The molecule has 17 aromatic carbocycles. The van der Waals surface area contributed by atoms with Gasteiger partial charge < -0.3 is 28.4 Å². The van der Waals surface area contributed by atoms with Crippen LogP contribution in [0.4, 0.5) is 34.1 Å². The van der Waals surface area contributed by atoms with Crippen LogP contribution < -0.4 is 19.3 Å². The minimum absolute atomic E-state index is 0.900. The van der Waals surface area contributed by atoms with E-state index in [1.165, 1.54) is 287 Å². The van der Waals surface area contributed by atoms with Gasteiger partial charge in [0.2, 0.25) is 0 Å². The van der Waals surface area contributed by atoms with Crippen LogP contribution in [-0.4, -0.2) is 9.13 Å². The number of nitrogens with zero attached hydrogens (tertiary/aromatic N) is 4. The van der Waals surface area contributed by atoms with Crippen molar-refractivity contribution in [1.82, 2.24) is 9.13 Å². The number of anilines is 6. The van der Waals surface area contributed by atoms with Crippen molar-refractivity contribution in [3.8, 4) is 62.1 Å². The molecule has 3 aliphatic carbocycles. The second-order valence-electron chi connectivity index (χ2n) is 42.4. The second kappa shape index (κ2) is 45.0. The molecule has 4 heterocycles. The highest BCUT2D eigenvalue weighted by molar-refractivity contribution is 6.13. The third kappa shape index (κ3) is 21.7. The van der Waals surface area contributed by atoms with Crippen LogP contribution >= 0.6 is 0 Å². The highest BCUT2D eigenvalue weighted by Gasteiger charge is 2.31. The van der Waals surface area contributed by atoms with Gasteiger partial charge in [-0.05, 0) is 489 Å². The van der Waals surface area contributed by atoms with E-state index in [-0.39, 0.29) is 0 Å². The van der Waals surface area contributed by atoms with E-state index in [0.29, 0.717) is 0 Å². The Balaban J connectivity index is 0.000000114. The number of fused-ring (bicyclic) bond motifs is 16. The number of rotatable bonds is 29. The second-order valence-corrected chi connectivity index (χ2v) is 42.4. The predicted octanol–water partition coefficient (Wildman–Crippen LogP) is 39.6. The molecule has 2 aliphatic heterocycles. The molecule has 2 aromatic heterocycles. The zero-order valence-electron chi connectivity index (χ0n) is 88.8. The number of benzene rings is 17. The Hall–Kier alpha value is -15.2. The summed E-state index contributed by atoms with van der Waals surface area (Å²) < 4.78 is 17.7. The molecule has 24 rings (SSSR count). The van der Waals surface area contributed by atoms with E-state index < -0.39 is 0 Å². The fourth-order valence-corrected chi connectivity index (χ4v) is 22.7. The number of aromatic nitrogens is 2. The lowest BCUT2D eigenvalue weighted by molar-refractivity contribution is 0.476. The Bertz CT molecular complexity index is 7890. The first-order chi connectivity index (χ1) is 72.2. The van der Waals surface area contributed by atoms with Crippen molar-refractivity contribution in [2.24, 2.45) is 0 Å². The van der Waals surface area contributed by atoms with E-state index in [0.717, 1.165) is 129 Å². The summed E-state index contributed by atoms with van der Waals surface area (Å²) in [5, 5.41) is 11.2.